The summed E-state index contributed by atoms with van der Waals surface area (Å²) in [7, 11) is 0. The fourth-order valence-electron chi connectivity index (χ4n) is 2.21. The van der Waals surface area contributed by atoms with Crippen LogP contribution in [-0.4, -0.2) is 17.0 Å². The van der Waals surface area contributed by atoms with Crippen molar-refractivity contribution < 1.29 is 18.5 Å². The van der Waals surface area contributed by atoms with Crippen molar-refractivity contribution in [2.45, 2.75) is 0 Å². The number of hydrogen-bond donors (Lipinski definition) is 1. The molecule has 3 aromatic rings. The number of non-ortho nitro benzene ring substituents is 1. The van der Waals surface area contributed by atoms with Crippen molar-refractivity contribution in [1.82, 2.24) is 5.43 Å². The van der Waals surface area contributed by atoms with Crippen molar-refractivity contribution in [2.24, 2.45) is 5.10 Å². The minimum atomic E-state index is -0.605. The molecule has 0 radical (unpaired) electrons. The van der Waals surface area contributed by atoms with E-state index in [2.05, 4.69) is 10.5 Å². The molecular weight excluding hydrogens is 377 g/mol. The van der Waals surface area contributed by atoms with E-state index in [-0.39, 0.29) is 16.3 Å². The molecule has 0 fully saturated rings. The first-order chi connectivity index (χ1) is 12.9. The number of carbonyl (C=O) groups excluding carboxylic acids is 1. The molecule has 0 unspecified atom stereocenters. The number of carbonyl (C=O) groups is 1. The molecule has 1 heterocycles. The van der Waals surface area contributed by atoms with Crippen molar-refractivity contribution in [3.63, 3.8) is 0 Å². The molecule has 0 aliphatic carbocycles. The Bertz CT molecular complexity index is 1050. The molecule has 0 bridgehead atoms. The lowest BCUT2D eigenvalue weighted by atomic mass is 10.2. The van der Waals surface area contributed by atoms with E-state index in [0.29, 0.717) is 17.1 Å². The van der Waals surface area contributed by atoms with Gasteiger partial charge in [-0.05, 0) is 36.4 Å². The summed E-state index contributed by atoms with van der Waals surface area (Å²) in [5, 5.41) is 14.5. The van der Waals surface area contributed by atoms with E-state index in [1.165, 1.54) is 42.6 Å². The molecule has 1 amide bonds. The third-order valence-corrected chi connectivity index (χ3v) is 3.80. The Labute approximate surface area is 157 Å². The Morgan fingerprint density at radius 2 is 2.04 bits per heavy atom. The average molecular weight is 388 g/mol. The summed E-state index contributed by atoms with van der Waals surface area (Å²) in [6, 6.07) is 12.7. The maximum absolute atomic E-state index is 13.2. The Morgan fingerprint density at radius 3 is 2.78 bits per heavy atom. The van der Waals surface area contributed by atoms with Gasteiger partial charge in [-0.25, -0.2) is 9.82 Å². The van der Waals surface area contributed by atoms with Crippen LogP contribution in [0.1, 0.15) is 16.1 Å². The number of hydrazone groups is 1. The van der Waals surface area contributed by atoms with E-state index in [4.69, 9.17) is 16.0 Å². The smallest absolute Gasteiger partial charge is 0.271 e. The lowest BCUT2D eigenvalue weighted by Crippen LogP contribution is -2.17. The molecule has 0 saturated carbocycles. The first kappa shape index (κ1) is 18.3. The van der Waals surface area contributed by atoms with Gasteiger partial charge in [-0.1, -0.05) is 17.7 Å². The third-order valence-electron chi connectivity index (χ3n) is 3.51. The van der Waals surface area contributed by atoms with Crippen molar-refractivity contribution in [3.8, 4) is 11.3 Å². The van der Waals surface area contributed by atoms with Gasteiger partial charge in [-0.15, -0.1) is 0 Å². The van der Waals surface area contributed by atoms with Crippen molar-refractivity contribution >= 4 is 29.4 Å². The molecule has 2 aromatic carbocycles. The maximum atomic E-state index is 13.2. The van der Waals surface area contributed by atoms with Crippen LogP contribution in [0.3, 0.4) is 0 Å². The van der Waals surface area contributed by atoms with Gasteiger partial charge in [-0.3, -0.25) is 14.9 Å². The zero-order valence-corrected chi connectivity index (χ0v) is 14.3. The number of halogens is 2. The zero-order valence-electron chi connectivity index (χ0n) is 13.6. The van der Waals surface area contributed by atoms with E-state index in [9.17, 15) is 19.3 Å². The minimum absolute atomic E-state index is 0.0247. The van der Waals surface area contributed by atoms with Crippen LogP contribution < -0.4 is 5.43 Å². The van der Waals surface area contributed by atoms with E-state index in [1.54, 1.807) is 12.1 Å². The van der Waals surface area contributed by atoms with Crippen LogP contribution in [0.25, 0.3) is 11.3 Å². The molecule has 0 saturated heterocycles. The summed E-state index contributed by atoms with van der Waals surface area (Å²) < 4.78 is 18.7. The average Bonchev–Trinajstić information content (AvgIpc) is 3.13. The Hall–Kier alpha value is -3.52. The second kappa shape index (κ2) is 7.79. The number of benzene rings is 2. The quantitative estimate of drug-likeness (QED) is 0.398. The van der Waals surface area contributed by atoms with Gasteiger partial charge in [0.25, 0.3) is 11.6 Å². The number of amides is 1. The van der Waals surface area contributed by atoms with Gasteiger partial charge in [0, 0.05) is 23.3 Å². The van der Waals surface area contributed by atoms with Crippen LogP contribution >= 0.6 is 11.6 Å². The molecule has 0 aliphatic rings. The van der Waals surface area contributed by atoms with Crippen LogP contribution in [-0.2, 0) is 0 Å². The van der Waals surface area contributed by atoms with Gasteiger partial charge in [0.1, 0.15) is 17.3 Å². The minimum Gasteiger partial charge on any atom is -0.455 e. The summed E-state index contributed by atoms with van der Waals surface area (Å²) in [4.78, 5) is 22.1. The Kier molecular flexibility index (Phi) is 5.28. The predicted octanol–water partition coefficient (Wildman–Crippen LogP) is 4.41. The maximum Gasteiger partial charge on any atom is 0.271 e. The summed E-state index contributed by atoms with van der Waals surface area (Å²) >= 11 is 5.75. The first-order valence-electron chi connectivity index (χ1n) is 7.57. The molecule has 1 N–H and O–H groups in total. The summed E-state index contributed by atoms with van der Waals surface area (Å²) in [6.07, 6.45) is 1.27. The fourth-order valence-corrected chi connectivity index (χ4v) is 2.39. The summed E-state index contributed by atoms with van der Waals surface area (Å²) in [5.41, 5.74) is 2.75. The standard InChI is InChI=1S/C18H11ClFN3O4/c19-15-9-11(4-6-16(15)20)17-7-5-14(27-17)10-21-22-18(24)12-2-1-3-13(8-12)23(25)26/h1-10H,(H,22,24)/b21-10+. The van der Waals surface area contributed by atoms with Gasteiger partial charge >= 0.3 is 0 Å². The molecule has 136 valence electrons. The molecule has 1 aromatic heterocycles. The lowest BCUT2D eigenvalue weighted by molar-refractivity contribution is -0.384. The van der Waals surface area contributed by atoms with Crippen LogP contribution in [0, 0.1) is 15.9 Å². The Balaban J connectivity index is 1.67. The number of hydrogen-bond acceptors (Lipinski definition) is 5. The summed E-state index contributed by atoms with van der Waals surface area (Å²) in [6.45, 7) is 0. The molecule has 0 spiro atoms. The SMILES string of the molecule is O=C(N/N=C/c1ccc(-c2ccc(F)c(Cl)c2)o1)c1cccc([N+](=O)[O-])c1. The van der Waals surface area contributed by atoms with Gasteiger partial charge < -0.3 is 4.42 Å². The number of nitrogens with zero attached hydrogens (tertiary/aromatic N) is 2. The molecule has 0 aliphatic heterocycles. The first-order valence-corrected chi connectivity index (χ1v) is 7.95. The fraction of sp³-hybridized carbons (Fsp3) is 0. The number of nitro benzene ring substituents is 1. The third kappa shape index (κ3) is 4.36. The van der Waals surface area contributed by atoms with Gasteiger partial charge in [0.15, 0.2) is 0 Å². The van der Waals surface area contributed by atoms with Crippen molar-refractivity contribution in [3.05, 3.63) is 86.9 Å². The van der Waals surface area contributed by atoms with E-state index < -0.39 is 16.6 Å². The molecular formula is C18H11ClFN3O4. The van der Waals surface area contributed by atoms with Gasteiger partial charge in [0.2, 0.25) is 0 Å². The zero-order chi connectivity index (χ0) is 19.4. The monoisotopic (exact) mass is 387 g/mol. The number of rotatable bonds is 5. The Morgan fingerprint density at radius 1 is 1.22 bits per heavy atom. The molecule has 0 atom stereocenters. The molecule has 3 rings (SSSR count). The van der Waals surface area contributed by atoms with Gasteiger partial charge in [-0.2, -0.15) is 5.10 Å². The second-order valence-corrected chi connectivity index (χ2v) is 5.74. The van der Waals surface area contributed by atoms with Crippen LogP contribution in [0.4, 0.5) is 10.1 Å². The van der Waals surface area contributed by atoms with Crippen molar-refractivity contribution in [1.29, 1.82) is 0 Å². The van der Waals surface area contributed by atoms with Crippen LogP contribution in [0.5, 0.6) is 0 Å². The second-order valence-electron chi connectivity index (χ2n) is 5.34. The van der Waals surface area contributed by atoms with E-state index in [1.807, 2.05) is 0 Å². The highest BCUT2D eigenvalue weighted by Crippen LogP contribution is 2.26. The topological polar surface area (TPSA) is 97.7 Å². The normalized spacial score (nSPS) is 10.9. The number of furan rings is 1. The highest BCUT2D eigenvalue weighted by atomic mass is 35.5. The van der Waals surface area contributed by atoms with Gasteiger partial charge in [0.05, 0.1) is 16.2 Å². The number of nitrogens with one attached hydrogen (secondary N) is 1. The largest absolute Gasteiger partial charge is 0.455 e. The van der Waals surface area contributed by atoms with Crippen molar-refractivity contribution in [2.75, 3.05) is 0 Å². The van der Waals surface area contributed by atoms with E-state index >= 15 is 0 Å². The van der Waals surface area contributed by atoms with Crippen LogP contribution in [0.2, 0.25) is 5.02 Å². The lowest BCUT2D eigenvalue weighted by Gasteiger charge is -1.99. The highest BCUT2D eigenvalue weighted by Gasteiger charge is 2.11. The highest BCUT2D eigenvalue weighted by molar-refractivity contribution is 6.31. The molecule has 9 heteroatoms. The molecule has 7 nitrogen and oxygen atoms in total. The number of nitro groups is 1. The summed E-state index contributed by atoms with van der Waals surface area (Å²) in [5.74, 6) is -0.349. The van der Waals surface area contributed by atoms with Crippen LogP contribution in [0.15, 0.2) is 64.1 Å². The molecule has 27 heavy (non-hydrogen) atoms. The predicted molar refractivity (Wildman–Crippen MR) is 97.3 cm³/mol. The van der Waals surface area contributed by atoms with E-state index in [0.717, 1.165) is 6.07 Å².